The molecule has 0 bridgehead atoms. The monoisotopic (exact) mass is 274 g/mol. The normalized spacial score (nSPS) is 20.6. The molecule has 1 fully saturated rings. The maximum Gasteiger partial charge on any atom is 0.0609 e. The molecule has 1 nitrogen and oxygen atoms in total. The molecule has 76 valence electrons. The van der Waals surface area contributed by atoms with Gasteiger partial charge in [-0.05, 0) is 37.5 Å². The van der Waals surface area contributed by atoms with Gasteiger partial charge in [-0.15, -0.1) is 0 Å². The average molecular weight is 276 g/mol. The van der Waals surface area contributed by atoms with Crippen molar-refractivity contribution in [2.24, 2.45) is 0 Å². The molecule has 1 unspecified atom stereocenters. The van der Waals surface area contributed by atoms with E-state index in [1.54, 1.807) is 0 Å². The van der Waals surface area contributed by atoms with Crippen LogP contribution >= 0.6 is 27.5 Å². The second-order valence-electron chi connectivity index (χ2n) is 3.96. The van der Waals surface area contributed by atoms with Crippen LogP contribution in [-0.2, 0) is 5.41 Å². The van der Waals surface area contributed by atoms with Crippen molar-refractivity contribution in [2.75, 3.05) is 0 Å². The number of aliphatic hydroxyl groups excluding tert-OH is 1. The maximum atomic E-state index is 9.74. The molecule has 1 aromatic carbocycles. The number of halogens is 2. The van der Waals surface area contributed by atoms with Crippen molar-refractivity contribution in [2.45, 2.75) is 31.3 Å². The Morgan fingerprint density at radius 3 is 2.57 bits per heavy atom. The summed E-state index contributed by atoms with van der Waals surface area (Å²) < 4.78 is 1.00. The summed E-state index contributed by atoms with van der Waals surface area (Å²) in [6, 6.07) is 5.77. The van der Waals surface area contributed by atoms with Crippen molar-refractivity contribution >= 4 is 27.5 Å². The Balaban J connectivity index is 2.42. The maximum absolute atomic E-state index is 9.74. The number of aliphatic hydroxyl groups is 1. The van der Waals surface area contributed by atoms with E-state index in [9.17, 15) is 5.11 Å². The smallest absolute Gasteiger partial charge is 0.0609 e. The molecule has 0 amide bonds. The fourth-order valence-corrected chi connectivity index (χ4v) is 3.02. The third-order valence-electron chi connectivity index (χ3n) is 3.06. The second kappa shape index (κ2) is 3.51. The van der Waals surface area contributed by atoms with E-state index in [2.05, 4.69) is 15.9 Å². The Labute approximate surface area is 97.2 Å². The molecule has 1 aromatic rings. The van der Waals surface area contributed by atoms with Gasteiger partial charge in [0.1, 0.15) is 0 Å². The molecule has 1 atom stereocenters. The summed E-state index contributed by atoms with van der Waals surface area (Å²) >= 11 is 9.37. The number of benzene rings is 1. The molecule has 14 heavy (non-hydrogen) atoms. The Bertz CT molecular complexity index is 358. The fraction of sp³-hybridized carbons (Fsp3) is 0.455. The first-order valence-corrected chi connectivity index (χ1v) is 5.87. The highest BCUT2D eigenvalue weighted by molar-refractivity contribution is 9.10. The van der Waals surface area contributed by atoms with Crippen LogP contribution in [0.4, 0.5) is 0 Å². The minimum absolute atomic E-state index is 0.0244. The van der Waals surface area contributed by atoms with Gasteiger partial charge in [-0.1, -0.05) is 33.6 Å². The van der Waals surface area contributed by atoms with Crippen molar-refractivity contribution in [1.29, 1.82) is 0 Å². The Hall–Kier alpha value is -0.0500. The molecule has 1 aliphatic carbocycles. The lowest BCUT2D eigenvalue weighted by molar-refractivity contribution is 0.150. The molecule has 0 spiro atoms. The van der Waals surface area contributed by atoms with Crippen molar-refractivity contribution in [3.05, 3.63) is 33.3 Å². The van der Waals surface area contributed by atoms with E-state index in [4.69, 9.17) is 11.6 Å². The molecule has 0 heterocycles. The summed E-state index contributed by atoms with van der Waals surface area (Å²) in [6.45, 7) is 1.86. The lowest BCUT2D eigenvalue weighted by atomic mass is 9.91. The van der Waals surface area contributed by atoms with E-state index < -0.39 is 0 Å². The standard InChI is InChI=1S/C11H12BrClO/c1-7(14)11(4-5-11)9-3-2-8(13)6-10(9)12/h2-3,6-7,14H,4-5H2,1H3. The van der Waals surface area contributed by atoms with E-state index in [0.29, 0.717) is 0 Å². The van der Waals surface area contributed by atoms with E-state index >= 15 is 0 Å². The minimum atomic E-state index is -0.292. The van der Waals surface area contributed by atoms with Gasteiger partial charge in [-0.3, -0.25) is 0 Å². The van der Waals surface area contributed by atoms with Crippen molar-refractivity contribution < 1.29 is 5.11 Å². The van der Waals surface area contributed by atoms with Crippen molar-refractivity contribution in [3.8, 4) is 0 Å². The molecule has 3 heteroatoms. The molecule has 0 saturated heterocycles. The van der Waals surface area contributed by atoms with E-state index in [1.807, 2.05) is 25.1 Å². The third kappa shape index (κ3) is 1.60. The summed E-state index contributed by atoms with van der Waals surface area (Å²) in [4.78, 5) is 0. The summed E-state index contributed by atoms with van der Waals surface area (Å²) in [5, 5.41) is 10.5. The van der Waals surface area contributed by atoms with E-state index in [-0.39, 0.29) is 11.5 Å². The molecule has 0 aromatic heterocycles. The zero-order valence-corrected chi connectivity index (χ0v) is 10.3. The zero-order chi connectivity index (χ0) is 10.3. The van der Waals surface area contributed by atoms with Crippen molar-refractivity contribution in [1.82, 2.24) is 0 Å². The van der Waals surface area contributed by atoms with Crippen LogP contribution in [0.3, 0.4) is 0 Å². The molecular formula is C11H12BrClO. The molecule has 1 saturated carbocycles. The molecule has 0 radical (unpaired) electrons. The largest absolute Gasteiger partial charge is 0.392 e. The van der Waals surface area contributed by atoms with Crippen LogP contribution in [0.25, 0.3) is 0 Å². The van der Waals surface area contributed by atoms with Crippen LogP contribution < -0.4 is 0 Å². The predicted octanol–water partition coefficient (Wildman–Crippen LogP) is 3.51. The first-order chi connectivity index (χ1) is 6.56. The number of rotatable bonds is 2. The molecular weight excluding hydrogens is 263 g/mol. The SMILES string of the molecule is CC(O)C1(c2ccc(Cl)cc2Br)CC1. The van der Waals surface area contributed by atoms with Crippen LogP contribution in [-0.4, -0.2) is 11.2 Å². The Kier molecular flexibility index (Phi) is 2.63. The van der Waals surface area contributed by atoms with Gasteiger partial charge in [0.15, 0.2) is 0 Å². The van der Waals surface area contributed by atoms with Crippen LogP contribution in [0.2, 0.25) is 5.02 Å². The lowest BCUT2D eigenvalue weighted by Gasteiger charge is -2.20. The summed E-state index contributed by atoms with van der Waals surface area (Å²) in [6.07, 6.45) is 1.83. The Morgan fingerprint density at radius 2 is 2.14 bits per heavy atom. The summed E-state index contributed by atoms with van der Waals surface area (Å²) in [5.41, 5.74) is 1.15. The molecule has 1 N–H and O–H groups in total. The number of hydrogen-bond donors (Lipinski definition) is 1. The van der Waals surface area contributed by atoms with Gasteiger partial charge in [-0.2, -0.15) is 0 Å². The van der Waals surface area contributed by atoms with Gasteiger partial charge in [0, 0.05) is 14.9 Å². The third-order valence-corrected chi connectivity index (χ3v) is 3.95. The summed E-state index contributed by atoms with van der Waals surface area (Å²) in [7, 11) is 0. The molecule has 1 aliphatic rings. The quantitative estimate of drug-likeness (QED) is 0.876. The van der Waals surface area contributed by atoms with Gasteiger partial charge < -0.3 is 5.11 Å². The van der Waals surface area contributed by atoms with Crippen LogP contribution in [0, 0.1) is 0 Å². The first kappa shape index (κ1) is 10.5. The molecule has 0 aliphatic heterocycles. The lowest BCUT2D eigenvalue weighted by Crippen LogP contribution is -2.22. The first-order valence-electron chi connectivity index (χ1n) is 4.70. The Morgan fingerprint density at radius 1 is 1.50 bits per heavy atom. The van der Waals surface area contributed by atoms with Gasteiger partial charge in [0.05, 0.1) is 6.10 Å². The highest BCUT2D eigenvalue weighted by Crippen LogP contribution is 2.53. The van der Waals surface area contributed by atoms with E-state index in [0.717, 1.165) is 22.3 Å². The van der Waals surface area contributed by atoms with Gasteiger partial charge >= 0.3 is 0 Å². The average Bonchev–Trinajstić information content (AvgIpc) is 2.84. The van der Waals surface area contributed by atoms with Crippen LogP contribution in [0.1, 0.15) is 25.3 Å². The highest BCUT2D eigenvalue weighted by Gasteiger charge is 2.49. The van der Waals surface area contributed by atoms with Gasteiger partial charge in [0.25, 0.3) is 0 Å². The van der Waals surface area contributed by atoms with Gasteiger partial charge in [-0.25, -0.2) is 0 Å². The minimum Gasteiger partial charge on any atom is -0.392 e. The summed E-state index contributed by atoms with van der Waals surface area (Å²) in [5.74, 6) is 0. The van der Waals surface area contributed by atoms with Gasteiger partial charge in [0.2, 0.25) is 0 Å². The zero-order valence-electron chi connectivity index (χ0n) is 7.93. The van der Waals surface area contributed by atoms with Crippen LogP contribution in [0.5, 0.6) is 0 Å². The van der Waals surface area contributed by atoms with Crippen molar-refractivity contribution in [3.63, 3.8) is 0 Å². The fourth-order valence-electron chi connectivity index (χ4n) is 1.94. The second-order valence-corrected chi connectivity index (χ2v) is 5.25. The van der Waals surface area contributed by atoms with E-state index in [1.165, 1.54) is 5.56 Å². The highest BCUT2D eigenvalue weighted by atomic mass is 79.9. The predicted molar refractivity (Wildman–Crippen MR) is 61.7 cm³/mol. The number of hydrogen-bond acceptors (Lipinski definition) is 1. The topological polar surface area (TPSA) is 20.2 Å². The molecule has 2 rings (SSSR count). The van der Waals surface area contributed by atoms with Crippen LogP contribution in [0.15, 0.2) is 22.7 Å².